The molecule has 0 spiro atoms. The Morgan fingerprint density at radius 1 is 0.704 bits per heavy atom. The van der Waals surface area contributed by atoms with Crippen molar-refractivity contribution in [1.82, 2.24) is 0 Å². The molecule has 0 aromatic rings. The number of hydrogen-bond acceptors (Lipinski definition) is 1. The quantitative estimate of drug-likeness (QED) is 0.465. The summed E-state index contributed by atoms with van der Waals surface area (Å²) in [4.78, 5) is 0. The van der Waals surface area contributed by atoms with E-state index in [0.717, 1.165) is 40.9 Å². The van der Waals surface area contributed by atoms with Gasteiger partial charge < -0.3 is 4.12 Å². The molecule has 7 fully saturated rings. The summed E-state index contributed by atoms with van der Waals surface area (Å²) in [5, 5.41) is 0. The molecule has 0 heterocycles. The SMILES string of the molecule is C/C=C/[Si](C)(C)O[Si](C)(C)/C=C/C12CC3C4CC5(C)CC3C(C1)C(C5)C4C2. The van der Waals surface area contributed by atoms with Crippen LogP contribution in [0.1, 0.15) is 52.4 Å². The molecule has 0 aliphatic heterocycles. The number of hydrogen-bond donors (Lipinski definition) is 0. The molecule has 0 N–H and O–H groups in total. The maximum absolute atomic E-state index is 6.75. The van der Waals surface area contributed by atoms with Crippen molar-refractivity contribution in [3.05, 3.63) is 23.6 Å². The van der Waals surface area contributed by atoms with E-state index in [1.165, 1.54) is 19.3 Å². The first-order chi connectivity index (χ1) is 12.5. The van der Waals surface area contributed by atoms with Crippen LogP contribution in [0.15, 0.2) is 23.6 Å². The second-order valence-electron chi connectivity index (χ2n) is 12.5. The smallest absolute Gasteiger partial charge is 0.198 e. The van der Waals surface area contributed by atoms with Gasteiger partial charge in [0.15, 0.2) is 16.6 Å². The highest BCUT2D eigenvalue weighted by Crippen LogP contribution is 2.76. The molecule has 27 heavy (non-hydrogen) atoms. The monoisotopic (exact) mass is 400 g/mol. The maximum atomic E-state index is 6.75. The molecule has 1 nitrogen and oxygen atoms in total. The molecule has 150 valence electrons. The minimum absolute atomic E-state index is 0.536. The highest BCUT2D eigenvalue weighted by atomic mass is 28.4. The van der Waals surface area contributed by atoms with E-state index in [2.05, 4.69) is 63.6 Å². The van der Waals surface area contributed by atoms with Gasteiger partial charge in [0.1, 0.15) is 0 Å². The maximum Gasteiger partial charge on any atom is 0.198 e. The Hall–Kier alpha value is -0.126. The van der Waals surface area contributed by atoms with E-state index in [9.17, 15) is 0 Å². The molecule has 0 unspecified atom stereocenters. The molecular formula is C24H40OSi2. The minimum atomic E-state index is -1.75. The van der Waals surface area contributed by atoms with Crippen LogP contribution in [-0.2, 0) is 4.12 Å². The third-order valence-corrected chi connectivity index (χ3v) is 15.7. The van der Waals surface area contributed by atoms with Gasteiger partial charge in [-0.15, -0.1) is 0 Å². The van der Waals surface area contributed by atoms with Crippen LogP contribution < -0.4 is 0 Å². The molecule has 8 bridgehead atoms. The van der Waals surface area contributed by atoms with Gasteiger partial charge in [0.2, 0.25) is 0 Å². The number of allylic oxidation sites excluding steroid dienone is 2. The zero-order chi connectivity index (χ0) is 19.2. The van der Waals surface area contributed by atoms with E-state index >= 15 is 0 Å². The Bertz CT molecular complexity index is 625. The van der Waals surface area contributed by atoms with Crippen LogP contribution in [0, 0.1) is 46.3 Å². The zero-order valence-electron chi connectivity index (χ0n) is 18.4. The van der Waals surface area contributed by atoms with Gasteiger partial charge >= 0.3 is 0 Å². The molecule has 0 saturated heterocycles. The fourth-order valence-electron chi connectivity index (χ4n) is 9.07. The Morgan fingerprint density at radius 2 is 1.11 bits per heavy atom. The molecule has 7 aliphatic carbocycles. The molecule has 7 aliphatic rings. The van der Waals surface area contributed by atoms with Crippen molar-refractivity contribution in [2.75, 3.05) is 0 Å². The van der Waals surface area contributed by atoms with Crippen molar-refractivity contribution in [3.8, 4) is 0 Å². The van der Waals surface area contributed by atoms with Crippen molar-refractivity contribution in [3.63, 3.8) is 0 Å². The summed E-state index contributed by atoms with van der Waals surface area (Å²) in [6, 6.07) is 0. The minimum Gasteiger partial charge on any atom is -0.449 e. The van der Waals surface area contributed by atoms with Crippen molar-refractivity contribution in [1.29, 1.82) is 0 Å². The van der Waals surface area contributed by atoms with Gasteiger partial charge in [-0.05, 0) is 118 Å². The van der Waals surface area contributed by atoms with Gasteiger partial charge in [0, 0.05) is 0 Å². The van der Waals surface area contributed by atoms with E-state index in [0.29, 0.717) is 5.41 Å². The average Bonchev–Trinajstić information content (AvgIpc) is 2.55. The summed E-state index contributed by atoms with van der Waals surface area (Å²) >= 11 is 0. The molecular weight excluding hydrogens is 360 g/mol. The van der Waals surface area contributed by atoms with Gasteiger partial charge in [0.05, 0.1) is 0 Å². The lowest BCUT2D eigenvalue weighted by Gasteiger charge is -2.74. The molecule has 0 amide bonds. The van der Waals surface area contributed by atoms with E-state index in [-0.39, 0.29) is 0 Å². The molecule has 3 heteroatoms. The first-order valence-corrected chi connectivity index (χ1v) is 17.6. The van der Waals surface area contributed by atoms with Crippen LogP contribution in [0.25, 0.3) is 0 Å². The highest BCUT2D eigenvalue weighted by molar-refractivity contribution is 6.89. The lowest BCUT2D eigenvalue weighted by Crippen LogP contribution is -2.66. The van der Waals surface area contributed by atoms with Crippen molar-refractivity contribution in [2.45, 2.75) is 78.6 Å². The fraction of sp³-hybridized carbons (Fsp3) is 0.833. The lowest BCUT2D eigenvalue weighted by molar-refractivity contribution is -0.243. The number of rotatable bonds is 5. The molecule has 0 aromatic heterocycles. The topological polar surface area (TPSA) is 9.23 Å². The van der Waals surface area contributed by atoms with Crippen molar-refractivity contribution in [2.24, 2.45) is 46.3 Å². The summed E-state index contributed by atoms with van der Waals surface area (Å²) in [5.41, 5.74) is 6.20. The van der Waals surface area contributed by atoms with Gasteiger partial charge in [-0.3, -0.25) is 0 Å². The van der Waals surface area contributed by atoms with Gasteiger partial charge in [-0.1, -0.05) is 30.5 Å². The van der Waals surface area contributed by atoms with E-state index in [1.807, 2.05) is 0 Å². The first kappa shape index (κ1) is 18.9. The Morgan fingerprint density at radius 3 is 1.56 bits per heavy atom. The molecule has 7 rings (SSSR count). The summed E-state index contributed by atoms with van der Waals surface area (Å²) in [6.07, 6.45) is 14.1. The van der Waals surface area contributed by atoms with Crippen LogP contribution in [0.4, 0.5) is 0 Å². The van der Waals surface area contributed by atoms with Crippen LogP contribution in [0.5, 0.6) is 0 Å². The van der Waals surface area contributed by atoms with Crippen molar-refractivity contribution >= 4 is 16.6 Å². The van der Waals surface area contributed by atoms with Crippen LogP contribution in [-0.4, -0.2) is 16.6 Å². The zero-order valence-corrected chi connectivity index (χ0v) is 20.4. The van der Waals surface area contributed by atoms with E-state index < -0.39 is 16.6 Å². The Balaban J connectivity index is 1.37. The first-order valence-electron chi connectivity index (χ1n) is 11.6. The van der Waals surface area contributed by atoms with Gasteiger partial charge in [-0.2, -0.15) is 0 Å². The van der Waals surface area contributed by atoms with E-state index in [1.54, 1.807) is 19.3 Å². The van der Waals surface area contributed by atoms with Crippen LogP contribution >= 0.6 is 0 Å². The predicted octanol–water partition coefficient (Wildman–Crippen LogP) is 6.72. The highest BCUT2D eigenvalue weighted by Gasteiger charge is 2.68. The fourth-order valence-corrected chi connectivity index (χ4v) is 16.6. The summed E-state index contributed by atoms with van der Waals surface area (Å²) in [7, 11) is -3.41. The molecule has 0 radical (unpaired) electrons. The third-order valence-electron chi connectivity index (χ3n) is 9.34. The van der Waals surface area contributed by atoms with Gasteiger partial charge in [0.25, 0.3) is 0 Å². The average molecular weight is 401 g/mol. The van der Waals surface area contributed by atoms with Crippen LogP contribution in [0.3, 0.4) is 0 Å². The Kier molecular flexibility index (Phi) is 4.00. The lowest BCUT2D eigenvalue weighted by atomic mass is 9.31. The second-order valence-corrected chi connectivity index (χ2v) is 20.4. The summed E-state index contributed by atoms with van der Waals surface area (Å²) in [5.74, 6) is 6.47. The third kappa shape index (κ3) is 2.94. The molecule has 0 atom stereocenters. The normalized spacial score (nSPS) is 50.6. The summed E-state index contributed by atoms with van der Waals surface area (Å²) in [6.45, 7) is 14.3. The molecule has 7 saturated carbocycles. The van der Waals surface area contributed by atoms with Gasteiger partial charge in [-0.25, -0.2) is 0 Å². The van der Waals surface area contributed by atoms with Crippen molar-refractivity contribution < 1.29 is 4.12 Å². The standard InChI is InChI=1S/C24H40OSi2/c1-7-9-26(3,4)25-27(5,6)10-8-24-14-20-17-11-23(2)12-18(20)22(16-24)19(13-23)21(17)15-24/h7-10,17-22H,11-16H2,1-6H3/b9-7+,10-8+. The molecule has 0 aromatic carbocycles. The second kappa shape index (κ2) is 5.73. The predicted molar refractivity (Wildman–Crippen MR) is 119 cm³/mol. The van der Waals surface area contributed by atoms with Crippen LogP contribution in [0.2, 0.25) is 26.2 Å². The largest absolute Gasteiger partial charge is 0.449 e. The Labute approximate surface area is 169 Å². The summed E-state index contributed by atoms with van der Waals surface area (Å²) < 4.78 is 6.75. The van der Waals surface area contributed by atoms with E-state index in [4.69, 9.17) is 4.12 Å².